The van der Waals surface area contributed by atoms with Crippen molar-refractivity contribution in [1.29, 1.82) is 0 Å². The molecular formula is C14H15FN2O3. The van der Waals surface area contributed by atoms with Gasteiger partial charge in [-0.25, -0.2) is 4.39 Å². The molecule has 1 N–H and O–H groups in total. The van der Waals surface area contributed by atoms with Crippen molar-refractivity contribution in [2.45, 2.75) is 26.3 Å². The third-order valence-electron chi connectivity index (χ3n) is 3.44. The molecule has 1 fully saturated rings. The highest BCUT2D eigenvalue weighted by Crippen LogP contribution is 2.22. The Kier molecular flexibility index (Phi) is 3.33. The third kappa shape index (κ3) is 2.29. The van der Waals surface area contributed by atoms with Gasteiger partial charge >= 0.3 is 0 Å². The fourth-order valence-electron chi connectivity index (χ4n) is 2.04. The van der Waals surface area contributed by atoms with Gasteiger partial charge in [0, 0.05) is 5.56 Å². The molecule has 1 aromatic rings. The van der Waals surface area contributed by atoms with Crippen LogP contribution in [-0.4, -0.2) is 34.7 Å². The van der Waals surface area contributed by atoms with Crippen molar-refractivity contribution in [2.75, 3.05) is 6.54 Å². The van der Waals surface area contributed by atoms with Gasteiger partial charge in [-0.05, 0) is 44.5 Å². The fourth-order valence-corrected chi connectivity index (χ4v) is 2.04. The van der Waals surface area contributed by atoms with Gasteiger partial charge < -0.3 is 4.90 Å². The third-order valence-corrected chi connectivity index (χ3v) is 3.44. The molecular weight excluding hydrogens is 263 g/mol. The molecule has 0 bridgehead atoms. The van der Waals surface area contributed by atoms with E-state index in [1.54, 1.807) is 20.8 Å². The molecule has 0 spiro atoms. The normalized spacial score (nSPS) is 17.9. The van der Waals surface area contributed by atoms with Crippen LogP contribution in [-0.2, 0) is 9.59 Å². The zero-order chi connectivity index (χ0) is 15.1. The number of benzene rings is 1. The number of hydrogen-bond donors (Lipinski definition) is 1. The van der Waals surface area contributed by atoms with Crippen LogP contribution in [0.15, 0.2) is 18.2 Å². The number of hydrogen-bond acceptors (Lipinski definition) is 3. The summed E-state index contributed by atoms with van der Waals surface area (Å²) < 4.78 is 13.2. The summed E-state index contributed by atoms with van der Waals surface area (Å²) in [4.78, 5) is 36.9. The molecule has 3 amide bonds. The molecule has 1 aromatic carbocycles. The Morgan fingerprint density at radius 2 is 2.00 bits per heavy atom. The van der Waals surface area contributed by atoms with Gasteiger partial charge in [0.1, 0.15) is 17.9 Å². The summed E-state index contributed by atoms with van der Waals surface area (Å²) in [5, 5.41) is 2.19. The van der Waals surface area contributed by atoms with Crippen molar-refractivity contribution < 1.29 is 18.8 Å². The molecule has 0 aliphatic carbocycles. The van der Waals surface area contributed by atoms with E-state index >= 15 is 0 Å². The zero-order valence-electron chi connectivity index (χ0n) is 11.5. The highest BCUT2D eigenvalue weighted by molar-refractivity contribution is 6.08. The second-order valence-corrected chi connectivity index (χ2v) is 5.29. The molecule has 0 unspecified atom stereocenters. The van der Waals surface area contributed by atoms with Crippen LogP contribution in [0.1, 0.15) is 29.8 Å². The van der Waals surface area contributed by atoms with Gasteiger partial charge in [-0.1, -0.05) is 0 Å². The number of amides is 3. The van der Waals surface area contributed by atoms with E-state index in [4.69, 9.17) is 0 Å². The first-order valence-electron chi connectivity index (χ1n) is 6.16. The van der Waals surface area contributed by atoms with Crippen molar-refractivity contribution in [1.82, 2.24) is 10.2 Å². The van der Waals surface area contributed by atoms with Crippen LogP contribution in [0.3, 0.4) is 0 Å². The topological polar surface area (TPSA) is 66.5 Å². The maximum atomic E-state index is 13.2. The van der Waals surface area contributed by atoms with E-state index in [1.165, 1.54) is 23.1 Å². The molecule has 0 aromatic heterocycles. The first-order chi connectivity index (χ1) is 9.23. The summed E-state index contributed by atoms with van der Waals surface area (Å²) >= 11 is 0. The largest absolute Gasteiger partial charge is 0.315 e. The number of imide groups is 1. The van der Waals surface area contributed by atoms with Crippen molar-refractivity contribution in [2.24, 2.45) is 0 Å². The first kappa shape index (κ1) is 14.2. The van der Waals surface area contributed by atoms with Crippen LogP contribution in [0.4, 0.5) is 4.39 Å². The number of rotatable bonds is 1. The number of carbonyl (C=O) groups is 3. The molecule has 0 radical (unpaired) electrons. The van der Waals surface area contributed by atoms with Crippen LogP contribution >= 0.6 is 0 Å². The summed E-state index contributed by atoms with van der Waals surface area (Å²) in [6.45, 7) is 4.46. The summed E-state index contributed by atoms with van der Waals surface area (Å²) in [6, 6.07) is 3.95. The lowest BCUT2D eigenvalue weighted by atomic mass is 9.97. The van der Waals surface area contributed by atoms with E-state index < -0.39 is 29.1 Å². The van der Waals surface area contributed by atoms with Gasteiger partial charge in [0.2, 0.25) is 5.91 Å². The van der Waals surface area contributed by atoms with E-state index in [0.717, 1.165) is 0 Å². The standard InChI is InChI=1S/C14H15FN2O3/c1-8-6-9(4-5-10(8)15)12(19)17-7-11(18)16-13(20)14(17,2)3/h4-6H,7H2,1-3H3,(H,16,18,20). The lowest BCUT2D eigenvalue weighted by molar-refractivity contribution is -0.143. The van der Waals surface area contributed by atoms with E-state index in [1.807, 2.05) is 0 Å². The smallest absolute Gasteiger partial charge is 0.255 e. The van der Waals surface area contributed by atoms with Gasteiger partial charge in [-0.3, -0.25) is 19.7 Å². The highest BCUT2D eigenvalue weighted by Gasteiger charge is 2.43. The average Bonchev–Trinajstić information content (AvgIpc) is 2.36. The Hall–Kier alpha value is -2.24. The Balaban J connectivity index is 2.38. The Labute approximate surface area is 115 Å². The predicted molar refractivity (Wildman–Crippen MR) is 69.4 cm³/mol. The number of halogens is 1. The molecule has 0 saturated carbocycles. The molecule has 1 saturated heterocycles. The van der Waals surface area contributed by atoms with Gasteiger partial charge in [0.25, 0.3) is 11.8 Å². The Bertz CT molecular complexity index is 610. The molecule has 6 heteroatoms. The molecule has 0 atom stereocenters. The minimum Gasteiger partial charge on any atom is -0.315 e. The second kappa shape index (κ2) is 4.70. The fraction of sp³-hybridized carbons (Fsp3) is 0.357. The highest BCUT2D eigenvalue weighted by atomic mass is 19.1. The molecule has 106 valence electrons. The minimum absolute atomic E-state index is 0.200. The van der Waals surface area contributed by atoms with E-state index in [2.05, 4.69) is 5.32 Å². The Morgan fingerprint density at radius 3 is 2.60 bits per heavy atom. The zero-order valence-corrected chi connectivity index (χ0v) is 11.5. The minimum atomic E-state index is -1.13. The lowest BCUT2D eigenvalue weighted by Crippen LogP contribution is -2.65. The van der Waals surface area contributed by atoms with Crippen LogP contribution in [0.5, 0.6) is 0 Å². The van der Waals surface area contributed by atoms with E-state index in [-0.39, 0.29) is 12.1 Å². The number of aryl methyl sites for hydroxylation is 1. The molecule has 1 heterocycles. The van der Waals surface area contributed by atoms with Crippen LogP contribution in [0, 0.1) is 12.7 Å². The maximum Gasteiger partial charge on any atom is 0.255 e. The molecule has 5 nitrogen and oxygen atoms in total. The number of piperazine rings is 1. The molecule has 1 aliphatic rings. The van der Waals surface area contributed by atoms with Crippen molar-refractivity contribution in [3.8, 4) is 0 Å². The van der Waals surface area contributed by atoms with Crippen LogP contribution in [0.25, 0.3) is 0 Å². The van der Waals surface area contributed by atoms with Crippen molar-refractivity contribution >= 4 is 17.7 Å². The quantitative estimate of drug-likeness (QED) is 0.780. The monoisotopic (exact) mass is 278 g/mol. The Morgan fingerprint density at radius 1 is 1.35 bits per heavy atom. The summed E-state index contributed by atoms with van der Waals surface area (Å²) in [5.41, 5.74) is -0.547. The van der Waals surface area contributed by atoms with Crippen molar-refractivity contribution in [3.63, 3.8) is 0 Å². The van der Waals surface area contributed by atoms with Gasteiger partial charge in [-0.15, -0.1) is 0 Å². The number of carbonyl (C=O) groups excluding carboxylic acids is 3. The second-order valence-electron chi connectivity index (χ2n) is 5.29. The summed E-state index contributed by atoms with van der Waals surface area (Å²) in [5.74, 6) is -1.93. The summed E-state index contributed by atoms with van der Waals surface area (Å²) in [7, 11) is 0. The summed E-state index contributed by atoms with van der Waals surface area (Å²) in [6.07, 6.45) is 0. The SMILES string of the molecule is Cc1cc(C(=O)N2CC(=O)NC(=O)C2(C)C)ccc1F. The van der Waals surface area contributed by atoms with Crippen LogP contribution < -0.4 is 5.32 Å². The molecule has 20 heavy (non-hydrogen) atoms. The average molecular weight is 278 g/mol. The van der Waals surface area contributed by atoms with Crippen LogP contribution in [0.2, 0.25) is 0 Å². The van der Waals surface area contributed by atoms with Gasteiger partial charge in [0.15, 0.2) is 0 Å². The van der Waals surface area contributed by atoms with Gasteiger partial charge in [-0.2, -0.15) is 0 Å². The first-order valence-corrected chi connectivity index (χ1v) is 6.16. The molecule has 1 aliphatic heterocycles. The number of nitrogens with zero attached hydrogens (tertiary/aromatic N) is 1. The van der Waals surface area contributed by atoms with E-state index in [9.17, 15) is 18.8 Å². The predicted octanol–water partition coefficient (Wildman–Crippen LogP) is 1.01. The maximum absolute atomic E-state index is 13.2. The number of nitrogens with one attached hydrogen (secondary N) is 1. The van der Waals surface area contributed by atoms with E-state index in [0.29, 0.717) is 5.56 Å². The van der Waals surface area contributed by atoms with Crippen molar-refractivity contribution in [3.05, 3.63) is 35.1 Å². The lowest BCUT2D eigenvalue weighted by Gasteiger charge is -2.40. The van der Waals surface area contributed by atoms with Gasteiger partial charge in [0.05, 0.1) is 0 Å². The molecule has 2 rings (SSSR count).